The Bertz CT molecular complexity index is 759. The van der Waals surface area contributed by atoms with Crippen LogP contribution in [0.2, 0.25) is 0 Å². The molecule has 1 aromatic carbocycles. The van der Waals surface area contributed by atoms with Gasteiger partial charge >= 0.3 is 0 Å². The zero-order valence-corrected chi connectivity index (χ0v) is 20.9. The van der Waals surface area contributed by atoms with Crippen LogP contribution in [0.25, 0.3) is 0 Å². The fourth-order valence-corrected chi connectivity index (χ4v) is 4.41. The van der Waals surface area contributed by atoms with E-state index in [4.69, 9.17) is 0 Å². The van der Waals surface area contributed by atoms with Crippen molar-refractivity contribution < 1.29 is 0 Å². The normalized spacial score (nSPS) is 17.6. The molecule has 3 rings (SSSR count). The van der Waals surface area contributed by atoms with E-state index in [0.717, 1.165) is 36.4 Å². The first-order valence-corrected chi connectivity index (χ1v) is 11.2. The van der Waals surface area contributed by atoms with E-state index in [-0.39, 0.29) is 24.0 Å². The van der Waals surface area contributed by atoms with Gasteiger partial charge in [-0.3, -0.25) is 9.89 Å². The maximum atomic E-state index is 4.44. The predicted molar refractivity (Wildman–Crippen MR) is 134 cm³/mol. The van der Waals surface area contributed by atoms with Crippen molar-refractivity contribution in [3.8, 4) is 0 Å². The van der Waals surface area contributed by atoms with Crippen molar-refractivity contribution in [1.29, 1.82) is 0 Å². The van der Waals surface area contributed by atoms with Crippen LogP contribution in [0.15, 0.2) is 35.5 Å². The smallest absolute Gasteiger partial charge is 0.191 e. The molecule has 1 fully saturated rings. The molecule has 1 atom stereocenters. The molecule has 1 aliphatic rings. The van der Waals surface area contributed by atoms with Crippen LogP contribution >= 0.6 is 35.3 Å². The summed E-state index contributed by atoms with van der Waals surface area (Å²) in [6.07, 6.45) is 5.70. The van der Waals surface area contributed by atoms with Gasteiger partial charge in [0.2, 0.25) is 0 Å². The number of aromatic nitrogens is 1. The van der Waals surface area contributed by atoms with Gasteiger partial charge in [0.1, 0.15) is 5.01 Å². The van der Waals surface area contributed by atoms with Crippen LogP contribution in [-0.4, -0.2) is 36.0 Å². The van der Waals surface area contributed by atoms with Gasteiger partial charge in [0.25, 0.3) is 0 Å². The van der Waals surface area contributed by atoms with E-state index in [9.17, 15) is 0 Å². The lowest BCUT2D eigenvalue weighted by Crippen LogP contribution is -2.36. The second-order valence-electron chi connectivity index (χ2n) is 7.65. The van der Waals surface area contributed by atoms with Crippen molar-refractivity contribution >= 4 is 41.3 Å². The number of hydrogen-bond donors (Lipinski definition) is 2. The lowest BCUT2D eigenvalue weighted by Gasteiger charge is -2.30. The molecule has 1 unspecified atom stereocenters. The Balaban J connectivity index is 0.00000300. The molecule has 0 radical (unpaired) electrons. The molecule has 5 nitrogen and oxygen atoms in total. The van der Waals surface area contributed by atoms with Crippen molar-refractivity contribution in [2.24, 2.45) is 10.9 Å². The summed E-state index contributed by atoms with van der Waals surface area (Å²) in [6, 6.07) is 8.96. The van der Waals surface area contributed by atoms with Crippen molar-refractivity contribution in [2.75, 3.05) is 20.1 Å². The average Bonchev–Trinajstić information content (AvgIpc) is 3.17. The number of rotatable bonds is 7. The summed E-state index contributed by atoms with van der Waals surface area (Å²) in [7, 11) is 1.80. The molecule has 0 bridgehead atoms. The summed E-state index contributed by atoms with van der Waals surface area (Å²) in [5.74, 6) is 1.63. The molecule has 0 aliphatic carbocycles. The van der Waals surface area contributed by atoms with Crippen LogP contribution in [0, 0.1) is 5.92 Å². The van der Waals surface area contributed by atoms with E-state index in [1.54, 1.807) is 18.4 Å². The van der Waals surface area contributed by atoms with E-state index < -0.39 is 0 Å². The van der Waals surface area contributed by atoms with E-state index in [1.165, 1.54) is 41.9 Å². The van der Waals surface area contributed by atoms with E-state index in [1.807, 2.05) is 6.20 Å². The van der Waals surface area contributed by atoms with Crippen molar-refractivity contribution in [1.82, 2.24) is 20.5 Å². The first-order valence-electron chi connectivity index (χ1n) is 10.3. The van der Waals surface area contributed by atoms with Crippen LogP contribution in [0.4, 0.5) is 0 Å². The Labute approximate surface area is 196 Å². The third kappa shape index (κ3) is 7.86. The first kappa shape index (κ1) is 24.1. The minimum absolute atomic E-state index is 0. The Morgan fingerprint density at radius 3 is 2.59 bits per heavy atom. The fraction of sp³-hybridized carbons (Fsp3) is 0.545. The molecule has 160 valence electrons. The van der Waals surface area contributed by atoms with Gasteiger partial charge in [-0.1, -0.05) is 38.1 Å². The third-order valence-electron chi connectivity index (χ3n) is 5.21. The molecule has 2 N–H and O–H groups in total. The van der Waals surface area contributed by atoms with Crippen molar-refractivity contribution in [3.63, 3.8) is 0 Å². The van der Waals surface area contributed by atoms with Gasteiger partial charge < -0.3 is 10.6 Å². The quantitative estimate of drug-likeness (QED) is 0.318. The van der Waals surface area contributed by atoms with Crippen LogP contribution in [-0.2, 0) is 26.1 Å². The molecule has 1 saturated heterocycles. The SMILES string of the molecule is CCc1cnc(CNC(=NC)NCc2ccc(CN3CCCC(C)C3)cc2)s1.I. The number of aryl methyl sites for hydroxylation is 1. The predicted octanol–water partition coefficient (Wildman–Crippen LogP) is 4.42. The molecule has 1 aliphatic heterocycles. The number of thiazole rings is 1. The Hall–Kier alpha value is -1.19. The second-order valence-corrected chi connectivity index (χ2v) is 8.85. The highest BCUT2D eigenvalue weighted by atomic mass is 127. The van der Waals surface area contributed by atoms with Crippen molar-refractivity contribution in [3.05, 3.63) is 51.5 Å². The standard InChI is InChI=1S/C22H33N5S.HI/c1-4-20-13-24-21(28-20)14-26-22(23-3)25-12-18-7-9-19(10-8-18)16-27-11-5-6-17(2)15-27;/h7-10,13,17H,4-6,11-12,14-16H2,1-3H3,(H2,23,25,26);1H. The van der Waals surface area contributed by atoms with E-state index >= 15 is 0 Å². The number of hydrogen-bond acceptors (Lipinski definition) is 4. The molecular weight excluding hydrogens is 493 g/mol. The fourth-order valence-electron chi connectivity index (χ4n) is 3.61. The van der Waals surface area contributed by atoms with Crippen LogP contribution in [0.3, 0.4) is 0 Å². The summed E-state index contributed by atoms with van der Waals surface area (Å²) in [5, 5.41) is 7.83. The lowest BCUT2D eigenvalue weighted by molar-refractivity contribution is 0.176. The highest BCUT2D eigenvalue weighted by Gasteiger charge is 2.16. The Morgan fingerprint density at radius 2 is 1.93 bits per heavy atom. The average molecular weight is 528 g/mol. The number of nitrogens with one attached hydrogen (secondary N) is 2. The monoisotopic (exact) mass is 527 g/mol. The molecule has 0 spiro atoms. The molecule has 0 saturated carbocycles. The molecule has 2 aromatic rings. The van der Waals surface area contributed by atoms with Gasteiger partial charge in [0.05, 0.1) is 6.54 Å². The summed E-state index contributed by atoms with van der Waals surface area (Å²) < 4.78 is 0. The highest BCUT2D eigenvalue weighted by Crippen LogP contribution is 2.18. The van der Waals surface area contributed by atoms with Crippen LogP contribution in [0.1, 0.15) is 47.7 Å². The molecule has 1 aromatic heterocycles. The number of likely N-dealkylation sites (tertiary alicyclic amines) is 1. The number of halogens is 1. The molecule has 7 heteroatoms. The Morgan fingerprint density at radius 1 is 1.21 bits per heavy atom. The number of nitrogens with zero attached hydrogens (tertiary/aromatic N) is 3. The lowest BCUT2D eigenvalue weighted by atomic mass is 9.99. The molecule has 0 amide bonds. The van der Waals surface area contributed by atoms with Gasteiger partial charge in [-0.15, -0.1) is 35.3 Å². The highest BCUT2D eigenvalue weighted by molar-refractivity contribution is 14.0. The topological polar surface area (TPSA) is 52.6 Å². The third-order valence-corrected chi connectivity index (χ3v) is 6.35. The largest absolute Gasteiger partial charge is 0.352 e. The maximum Gasteiger partial charge on any atom is 0.191 e. The number of guanidine groups is 1. The van der Waals surface area contributed by atoms with Gasteiger partial charge in [0, 0.05) is 37.8 Å². The minimum Gasteiger partial charge on any atom is -0.352 e. The first-order chi connectivity index (χ1) is 13.7. The summed E-state index contributed by atoms with van der Waals surface area (Å²) in [5.41, 5.74) is 2.66. The molecular formula is C22H34IN5S. The second kappa shape index (κ2) is 12.5. The zero-order valence-electron chi connectivity index (χ0n) is 17.8. The van der Waals surface area contributed by atoms with Crippen molar-refractivity contribution in [2.45, 2.75) is 52.7 Å². The number of piperidine rings is 1. The molecule has 2 heterocycles. The van der Waals surface area contributed by atoms with E-state index in [0.29, 0.717) is 6.54 Å². The zero-order chi connectivity index (χ0) is 19.8. The molecule has 29 heavy (non-hydrogen) atoms. The van der Waals surface area contributed by atoms with Gasteiger partial charge in [-0.2, -0.15) is 0 Å². The maximum absolute atomic E-state index is 4.44. The van der Waals surface area contributed by atoms with Gasteiger partial charge in [0.15, 0.2) is 5.96 Å². The van der Waals surface area contributed by atoms with Crippen LogP contribution in [0.5, 0.6) is 0 Å². The van der Waals surface area contributed by atoms with Gasteiger partial charge in [-0.05, 0) is 42.9 Å². The summed E-state index contributed by atoms with van der Waals surface area (Å²) in [6.45, 7) is 9.51. The Kier molecular flexibility index (Phi) is 10.4. The number of aliphatic imine (C=N–C) groups is 1. The van der Waals surface area contributed by atoms with E-state index in [2.05, 4.69) is 63.6 Å². The summed E-state index contributed by atoms with van der Waals surface area (Å²) >= 11 is 1.76. The van der Waals surface area contributed by atoms with Crippen LogP contribution < -0.4 is 10.6 Å². The minimum atomic E-state index is 0. The summed E-state index contributed by atoms with van der Waals surface area (Å²) in [4.78, 5) is 12.7. The van der Waals surface area contributed by atoms with Gasteiger partial charge in [-0.25, -0.2) is 4.98 Å². The number of benzene rings is 1.